The lowest BCUT2D eigenvalue weighted by molar-refractivity contribution is -0.126. The van der Waals surface area contributed by atoms with Gasteiger partial charge in [0.2, 0.25) is 5.91 Å². The third kappa shape index (κ3) is 4.78. The van der Waals surface area contributed by atoms with E-state index >= 15 is 0 Å². The van der Waals surface area contributed by atoms with Gasteiger partial charge in [-0.1, -0.05) is 30.4 Å². The largest absolute Gasteiger partial charge is 0.378 e. The Kier molecular flexibility index (Phi) is 5.61. The highest BCUT2D eigenvalue weighted by molar-refractivity contribution is 5.88. The fourth-order valence-electron chi connectivity index (χ4n) is 2.41. The van der Waals surface area contributed by atoms with Crippen LogP contribution in [-0.4, -0.2) is 38.0 Å². The topological polar surface area (TPSA) is 23.6 Å². The monoisotopic (exact) mass is 284 g/mol. The molecule has 0 radical (unpaired) electrons. The molecule has 2 rings (SSSR count). The number of carbonyl (C=O) groups excluding carboxylic acids is 1. The van der Waals surface area contributed by atoms with Gasteiger partial charge < -0.3 is 9.80 Å². The van der Waals surface area contributed by atoms with Crippen molar-refractivity contribution < 1.29 is 4.79 Å². The maximum absolute atomic E-state index is 11.9. The van der Waals surface area contributed by atoms with Gasteiger partial charge in [0.1, 0.15) is 0 Å². The number of rotatable bonds is 4. The Morgan fingerprint density at radius 2 is 1.71 bits per heavy atom. The number of carbonyl (C=O) groups is 1. The second-order valence-electron chi connectivity index (χ2n) is 5.59. The number of piperidine rings is 1. The van der Waals surface area contributed by atoms with Crippen molar-refractivity contribution in [3.63, 3.8) is 0 Å². The number of nitrogens with zero attached hydrogens (tertiary/aromatic N) is 2. The van der Waals surface area contributed by atoms with Crippen LogP contribution < -0.4 is 4.90 Å². The number of allylic oxidation sites excluding steroid dienone is 2. The molecule has 1 amide bonds. The number of likely N-dealkylation sites (tertiary alicyclic amines) is 1. The van der Waals surface area contributed by atoms with Gasteiger partial charge in [-0.25, -0.2) is 0 Å². The molecule has 0 aromatic heterocycles. The van der Waals surface area contributed by atoms with Crippen molar-refractivity contribution in [2.75, 3.05) is 32.1 Å². The van der Waals surface area contributed by atoms with Crippen LogP contribution in [0.2, 0.25) is 0 Å². The molecule has 3 heteroatoms. The summed E-state index contributed by atoms with van der Waals surface area (Å²) in [6, 6.07) is 8.32. The molecule has 21 heavy (non-hydrogen) atoms. The molecule has 0 unspecified atom stereocenters. The van der Waals surface area contributed by atoms with Crippen LogP contribution in [0.3, 0.4) is 0 Å². The summed E-state index contributed by atoms with van der Waals surface area (Å²) in [7, 11) is 4.06. The fraction of sp³-hybridized carbons (Fsp3) is 0.389. The van der Waals surface area contributed by atoms with Gasteiger partial charge in [-0.15, -0.1) is 0 Å². The minimum absolute atomic E-state index is 0.127. The smallest absolute Gasteiger partial charge is 0.246 e. The molecule has 1 aliphatic rings. The van der Waals surface area contributed by atoms with Crippen LogP contribution in [-0.2, 0) is 4.79 Å². The van der Waals surface area contributed by atoms with Crippen molar-refractivity contribution in [2.45, 2.75) is 19.3 Å². The molecule has 112 valence electrons. The zero-order chi connectivity index (χ0) is 15.1. The maximum atomic E-state index is 11.9. The van der Waals surface area contributed by atoms with Gasteiger partial charge in [0.25, 0.3) is 0 Å². The molecule has 3 nitrogen and oxygen atoms in total. The van der Waals surface area contributed by atoms with Gasteiger partial charge in [-0.3, -0.25) is 4.79 Å². The van der Waals surface area contributed by atoms with E-state index in [1.807, 2.05) is 37.2 Å². The van der Waals surface area contributed by atoms with Gasteiger partial charge >= 0.3 is 0 Å². The molecular weight excluding hydrogens is 260 g/mol. The first-order valence-corrected chi connectivity index (χ1v) is 7.58. The van der Waals surface area contributed by atoms with E-state index in [0.29, 0.717) is 0 Å². The average molecular weight is 284 g/mol. The Bertz CT molecular complexity index is 509. The molecule has 1 aliphatic heterocycles. The van der Waals surface area contributed by atoms with E-state index in [9.17, 15) is 4.79 Å². The first kappa shape index (κ1) is 15.4. The van der Waals surface area contributed by atoms with Crippen LogP contribution in [0.25, 0.3) is 6.08 Å². The molecule has 0 aliphatic carbocycles. The van der Waals surface area contributed by atoms with E-state index in [0.717, 1.165) is 31.5 Å². The first-order chi connectivity index (χ1) is 10.2. The molecule has 0 saturated carbocycles. The standard InChI is InChI=1S/C18H24N2O/c1-19(2)17-12-10-16(11-13-17)8-4-5-9-18(21)20-14-6-3-7-15-20/h4-5,8-13H,3,6-7,14-15H2,1-2H3/b8-4+,9-5+. The molecule has 0 spiro atoms. The van der Waals surface area contributed by atoms with Gasteiger partial charge in [0.15, 0.2) is 0 Å². The van der Waals surface area contributed by atoms with Crippen LogP contribution in [0, 0.1) is 0 Å². The highest BCUT2D eigenvalue weighted by Crippen LogP contribution is 2.13. The van der Waals surface area contributed by atoms with Crippen LogP contribution in [0.5, 0.6) is 0 Å². The molecule has 0 N–H and O–H groups in total. The second-order valence-corrected chi connectivity index (χ2v) is 5.59. The van der Waals surface area contributed by atoms with E-state index in [2.05, 4.69) is 29.2 Å². The minimum Gasteiger partial charge on any atom is -0.378 e. The third-order valence-electron chi connectivity index (χ3n) is 3.72. The Labute approximate surface area is 127 Å². The van der Waals surface area contributed by atoms with Crippen LogP contribution in [0.1, 0.15) is 24.8 Å². The maximum Gasteiger partial charge on any atom is 0.246 e. The molecule has 1 heterocycles. The molecule has 1 aromatic carbocycles. The number of hydrogen-bond donors (Lipinski definition) is 0. The average Bonchev–Trinajstić information content (AvgIpc) is 2.52. The summed E-state index contributed by atoms with van der Waals surface area (Å²) >= 11 is 0. The summed E-state index contributed by atoms with van der Waals surface area (Å²) < 4.78 is 0. The Morgan fingerprint density at radius 3 is 2.33 bits per heavy atom. The lowest BCUT2D eigenvalue weighted by atomic mass is 10.1. The van der Waals surface area contributed by atoms with Crippen molar-refractivity contribution in [2.24, 2.45) is 0 Å². The predicted octanol–water partition coefficient (Wildman–Crippen LogP) is 3.33. The number of hydrogen-bond acceptors (Lipinski definition) is 2. The van der Waals surface area contributed by atoms with Gasteiger partial charge in [0.05, 0.1) is 0 Å². The van der Waals surface area contributed by atoms with Crippen molar-refractivity contribution in [3.8, 4) is 0 Å². The molecule has 1 aromatic rings. The lowest BCUT2D eigenvalue weighted by Gasteiger charge is -2.25. The zero-order valence-electron chi connectivity index (χ0n) is 13.0. The molecule has 0 atom stereocenters. The first-order valence-electron chi connectivity index (χ1n) is 7.58. The van der Waals surface area contributed by atoms with E-state index < -0.39 is 0 Å². The highest BCUT2D eigenvalue weighted by atomic mass is 16.2. The normalized spacial score (nSPS) is 15.8. The predicted molar refractivity (Wildman–Crippen MR) is 89.4 cm³/mol. The minimum atomic E-state index is 0.127. The van der Waals surface area contributed by atoms with Crippen molar-refractivity contribution in [1.82, 2.24) is 4.90 Å². The van der Waals surface area contributed by atoms with E-state index in [4.69, 9.17) is 0 Å². The van der Waals surface area contributed by atoms with E-state index in [-0.39, 0.29) is 5.91 Å². The Hall–Kier alpha value is -2.03. The van der Waals surface area contributed by atoms with Crippen molar-refractivity contribution in [3.05, 3.63) is 48.1 Å². The quantitative estimate of drug-likeness (QED) is 0.625. The summed E-state index contributed by atoms with van der Waals surface area (Å²) in [4.78, 5) is 15.9. The zero-order valence-corrected chi connectivity index (χ0v) is 13.0. The summed E-state index contributed by atoms with van der Waals surface area (Å²) in [5.41, 5.74) is 2.32. The molecular formula is C18H24N2O. The van der Waals surface area contributed by atoms with E-state index in [1.54, 1.807) is 6.08 Å². The summed E-state index contributed by atoms with van der Waals surface area (Å²) in [5, 5.41) is 0. The summed E-state index contributed by atoms with van der Waals surface area (Å²) in [6.07, 6.45) is 10.9. The van der Waals surface area contributed by atoms with Gasteiger partial charge in [-0.05, 0) is 37.0 Å². The summed E-state index contributed by atoms with van der Waals surface area (Å²) in [5.74, 6) is 0.127. The van der Waals surface area contributed by atoms with Crippen molar-refractivity contribution >= 4 is 17.7 Å². The van der Waals surface area contributed by atoms with Gasteiger partial charge in [-0.2, -0.15) is 0 Å². The van der Waals surface area contributed by atoms with Crippen molar-refractivity contribution in [1.29, 1.82) is 0 Å². The van der Waals surface area contributed by atoms with Crippen LogP contribution >= 0.6 is 0 Å². The fourth-order valence-corrected chi connectivity index (χ4v) is 2.41. The molecule has 1 saturated heterocycles. The highest BCUT2D eigenvalue weighted by Gasteiger charge is 2.13. The Morgan fingerprint density at radius 1 is 1.05 bits per heavy atom. The lowest BCUT2D eigenvalue weighted by Crippen LogP contribution is -2.34. The van der Waals surface area contributed by atoms with E-state index in [1.165, 1.54) is 12.1 Å². The number of anilines is 1. The Balaban J connectivity index is 1.86. The number of benzene rings is 1. The van der Waals surface area contributed by atoms with Gasteiger partial charge in [0, 0.05) is 38.9 Å². The molecule has 0 bridgehead atoms. The van der Waals surface area contributed by atoms with Crippen LogP contribution in [0.4, 0.5) is 5.69 Å². The third-order valence-corrected chi connectivity index (χ3v) is 3.72. The molecule has 1 fully saturated rings. The second kappa shape index (κ2) is 7.67. The van der Waals surface area contributed by atoms with Crippen LogP contribution in [0.15, 0.2) is 42.5 Å². The SMILES string of the molecule is CN(C)c1ccc(/C=C/C=C/C(=O)N2CCCCC2)cc1. The summed E-state index contributed by atoms with van der Waals surface area (Å²) in [6.45, 7) is 1.80. The number of amides is 1.